The summed E-state index contributed by atoms with van der Waals surface area (Å²) in [5.41, 5.74) is 1.97. The molecule has 98 valence electrons. The molecule has 3 aliphatic carbocycles. The zero-order valence-electron chi connectivity index (χ0n) is 11.0. The summed E-state index contributed by atoms with van der Waals surface area (Å²) in [4.78, 5) is 5.68. The third-order valence-corrected chi connectivity index (χ3v) is 6.43. The van der Waals surface area contributed by atoms with Crippen LogP contribution in [-0.2, 0) is 6.42 Å². The zero-order valence-corrected chi connectivity index (χ0v) is 11.8. The standard InChI is InChI=1S/C15H22N2S/c1-2-17-12(6-11-7-16-8-18-11)15-13-9-3-4-10(5-9)14(13)15/h7-10,12-15,17H,2-6H2,1H3. The van der Waals surface area contributed by atoms with Gasteiger partial charge in [-0.1, -0.05) is 6.92 Å². The van der Waals surface area contributed by atoms with Crippen LogP contribution in [0, 0.1) is 29.6 Å². The Morgan fingerprint density at radius 3 is 2.78 bits per heavy atom. The van der Waals surface area contributed by atoms with Gasteiger partial charge in [-0.3, -0.25) is 4.98 Å². The molecule has 1 N–H and O–H groups in total. The summed E-state index contributed by atoms with van der Waals surface area (Å²) < 4.78 is 0. The highest BCUT2D eigenvalue weighted by molar-refractivity contribution is 7.09. The number of nitrogens with one attached hydrogen (secondary N) is 1. The van der Waals surface area contributed by atoms with Gasteiger partial charge in [-0.05, 0) is 61.8 Å². The molecule has 0 radical (unpaired) electrons. The third-order valence-electron chi connectivity index (χ3n) is 5.63. The summed E-state index contributed by atoms with van der Waals surface area (Å²) >= 11 is 1.82. The summed E-state index contributed by atoms with van der Waals surface area (Å²) in [5.74, 6) is 5.33. The Morgan fingerprint density at radius 2 is 2.17 bits per heavy atom. The molecule has 0 aliphatic heterocycles. The van der Waals surface area contributed by atoms with Gasteiger partial charge in [0.25, 0.3) is 0 Å². The van der Waals surface area contributed by atoms with Crippen molar-refractivity contribution < 1.29 is 0 Å². The van der Waals surface area contributed by atoms with Crippen molar-refractivity contribution in [2.75, 3.05) is 6.54 Å². The SMILES string of the molecule is CCNC(Cc1cncs1)C1C2C3CCC(C3)C21. The Balaban J connectivity index is 1.48. The molecule has 3 fully saturated rings. The highest BCUT2D eigenvalue weighted by Crippen LogP contribution is 2.70. The molecule has 2 bridgehead atoms. The van der Waals surface area contributed by atoms with Crippen molar-refractivity contribution in [2.24, 2.45) is 29.6 Å². The van der Waals surface area contributed by atoms with Gasteiger partial charge in [0.05, 0.1) is 5.51 Å². The Hall–Kier alpha value is -0.410. The molecule has 4 rings (SSSR count). The molecule has 0 aromatic carbocycles. The molecular weight excluding hydrogens is 240 g/mol. The molecule has 1 aromatic heterocycles. The second kappa shape index (κ2) is 4.31. The van der Waals surface area contributed by atoms with Gasteiger partial charge in [0.1, 0.15) is 0 Å². The van der Waals surface area contributed by atoms with E-state index in [0.717, 1.165) is 36.1 Å². The van der Waals surface area contributed by atoms with Crippen molar-refractivity contribution in [1.82, 2.24) is 10.3 Å². The second-order valence-electron chi connectivity index (χ2n) is 6.40. The first-order valence-corrected chi connectivity index (χ1v) is 8.37. The van der Waals surface area contributed by atoms with E-state index in [0.29, 0.717) is 6.04 Å². The Bertz CT molecular complexity index is 400. The maximum Gasteiger partial charge on any atom is 0.0794 e. The first-order valence-electron chi connectivity index (χ1n) is 7.49. The average Bonchev–Trinajstić information content (AvgIpc) is 2.81. The molecule has 0 spiro atoms. The number of nitrogens with zero attached hydrogens (tertiary/aromatic N) is 1. The molecule has 3 heteroatoms. The van der Waals surface area contributed by atoms with E-state index in [2.05, 4.69) is 23.4 Å². The number of aromatic nitrogens is 1. The minimum absolute atomic E-state index is 0.717. The molecule has 0 saturated heterocycles. The lowest BCUT2D eigenvalue weighted by atomic mass is 9.95. The molecule has 1 aromatic rings. The smallest absolute Gasteiger partial charge is 0.0794 e. The first-order chi connectivity index (χ1) is 8.88. The number of hydrogen-bond acceptors (Lipinski definition) is 3. The predicted octanol–water partition coefficient (Wildman–Crippen LogP) is 2.96. The van der Waals surface area contributed by atoms with Gasteiger partial charge in [-0.25, -0.2) is 0 Å². The zero-order chi connectivity index (χ0) is 12.1. The van der Waals surface area contributed by atoms with Crippen LogP contribution in [0.1, 0.15) is 31.1 Å². The quantitative estimate of drug-likeness (QED) is 0.882. The minimum Gasteiger partial charge on any atom is -0.314 e. The topological polar surface area (TPSA) is 24.9 Å². The van der Waals surface area contributed by atoms with Gasteiger partial charge in [0.2, 0.25) is 0 Å². The summed E-state index contributed by atoms with van der Waals surface area (Å²) in [6.07, 6.45) is 7.88. The molecule has 1 heterocycles. The Labute approximate surface area is 113 Å². The molecule has 5 unspecified atom stereocenters. The normalized spacial score (nSPS) is 41.9. The first kappa shape index (κ1) is 11.4. The monoisotopic (exact) mass is 262 g/mol. The largest absolute Gasteiger partial charge is 0.314 e. The summed E-state index contributed by atoms with van der Waals surface area (Å²) in [6.45, 7) is 3.35. The third kappa shape index (κ3) is 1.67. The van der Waals surface area contributed by atoms with Gasteiger partial charge >= 0.3 is 0 Å². The van der Waals surface area contributed by atoms with Crippen LogP contribution < -0.4 is 5.32 Å². The molecule has 3 saturated carbocycles. The summed E-state index contributed by atoms with van der Waals surface area (Å²) in [5, 5.41) is 3.76. The van der Waals surface area contributed by atoms with Crippen LogP contribution in [0.15, 0.2) is 11.7 Å². The van der Waals surface area contributed by atoms with Gasteiger partial charge in [0.15, 0.2) is 0 Å². The second-order valence-corrected chi connectivity index (χ2v) is 7.37. The summed E-state index contributed by atoms with van der Waals surface area (Å²) in [6, 6.07) is 0.717. The van der Waals surface area contributed by atoms with Crippen LogP contribution >= 0.6 is 11.3 Å². The van der Waals surface area contributed by atoms with Gasteiger partial charge in [0, 0.05) is 17.1 Å². The number of hydrogen-bond donors (Lipinski definition) is 1. The fraction of sp³-hybridized carbons (Fsp3) is 0.800. The van der Waals surface area contributed by atoms with Crippen LogP contribution in [0.3, 0.4) is 0 Å². The Kier molecular flexibility index (Phi) is 2.73. The number of fused-ring (bicyclic) bond motifs is 5. The van der Waals surface area contributed by atoms with Crippen molar-refractivity contribution in [1.29, 1.82) is 0 Å². The maximum absolute atomic E-state index is 4.22. The van der Waals surface area contributed by atoms with E-state index in [-0.39, 0.29) is 0 Å². The van der Waals surface area contributed by atoms with E-state index in [1.54, 1.807) is 6.42 Å². The fourth-order valence-electron chi connectivity index (χ4n) is 5.10. The van der Waals surface area contributed by atoms with Crippen LogP contribution in [0.4, 0.5) is 0 Å². The lowest BCUT2D eigenvalue weighted by Crippen LogP contribution is -2.35. The molecule has 0 amide bonds. The number of rotatable bonds is 5. The highest BCUT2D eigenvalue weighted by atomic mass is 32.1. The van der Waals surface area contributed by atoms with Gasteiger partial charge in [-0.2, -0.15) is 0 Å². The predicted molar refractivity (Wildman–Crippen MR) is 74.6 cm³/mol. The van der Waals surface area contributed by atoms with E-state index in [1.165, 1.54) is 24.1 Å². The van der Waals surface area contributed by atoms with E-state index in [1.807, 2.05) is 16.8 Å². The lowest BCUT2D eigenvalue weighted by Gasteiger charge is -2.20. The number of likely N-dealkylation sites (N-methyl/N-ethyl adjacent to an activating group) is 1. The van der Waals surface area contributed by atoms with E-state index in [9.17, 15) is 0 Å². The van der Waals surface area contributed by atoms with Crippen molar-refractivity contribution in [3.63, 3.8) is 0 Å². The molecular formula is C15H22N2S. The molecule has 3 aliphatic rings. The van der Waals surface area contributed by atoms with Gasteiger partial charge < -0.3 is 5.32 Å². The van der Waals surface area contributed by atoms with Crippen LogP contribution in [-0.4, -0.2) is 17.6 Å². The fourth-order valence-corrected chi connectivity index (χ4v) is 5.75. The maximum atomic E-state index is 4.22. The number of thiazole rings is 1. The van der Waals surface area contributed by atoms with E-state index >= 15 is 0 Å². The highest BCUT2D eigenvalue weighted by Gasteiger charge is 2.66. The Morgan fingerprint density at radius 1 is 1.39 bits per heavy atom. The van der Waals surface area contributed by atoms with E-state index < -0.39 is 0 Å². The molecule has 2 nitrogen and oxygen atoms in total. The van der Waals surface area contributed by atoms with Crippen LogP contribution in [0.5, 0.6) is 0 Å². The molecule has 18 heavy (non-hydrogen) atoms. The van der Waals surface area contributed by atoms with Crippen molar-refractivity contribution in [2.45, 2.75) is 38.6 Å². The van der Waals surface area contributed by atoms with Crippen LogP contribution in [0.25, 0.3) is 0 Å². The van der Waals surface area contributed by atoms with Crippen LogP contribution in [0.2, 0.25) is 0 Å². The van der Waals surface area contributed by atoms with Gasteiger partial charge in [-0.15, -0.1) is 11.3 Å². The van der Waals surface area contributed by atoms with Crippen molar-refractivity contribution in [3.8, 4) is 0 Å². The minimum atomic E-state index is 0.717. The summed E-state index contributed by atoms with van der Waals surface area (Å²) in [7, 11) is 0. The van der Waals surface area contributed by atoms with Crippen molar-refractivity contribution in [3.05, 3.63) is 16.6 Å². The average molecular weight is 262 g/mol. The van der Waals surface area contributed by atoms with Crippen molar-refractivity contribution >= 4 is 11.3 Å². The molecule has 5 atom stereocenters. The lowest BCUT2D eigenvalue weighted by molar-refractivity contribution is 0.367. The van der Waals surface area contributed by atoms with E-state index in [4.69, 9.17) is 0 Å².